The van der Waals surface area contributed by atoms with Crippen LogP contribution in [0.1, 0.15) is 51.7 Å². The Bertz CT molecular complexity index is 1430. The lowest BCUT2D eigenvalue weighted by atomic mass is 9.98. The molecule has 1 N–H and O–H groups in total. The molecule has 4 heterocycles. The Balaban J connectivity index is 1.58. The highest BCUT2D eigenvalue weighted by Crippen LogP contribution is 2.26. The van der Waals surface area contributed by atoms with Crippen molar-refractivity contribution in [1.82, 2.24) is 20.0 Å². The van der Waals surface area contributed by atoms with Crippen LogP contribution in [-0.4, -0.2) is 57.2 Å². The fourth-order valence-corrected chi connectivity index (χ4v) is 5.29. The Morgan fingerprint density at radius 2 is 2.00 bits per heavy atom. The Hall–Kier alpha value is -3.59. The van der Waals surface area contributed by atoms with Gasteiger partial charge in [-0.1, -0.05) is 17.7 Å². The minimum Gasteiger partial charge on any atom is -0.352 e. The molecular weight excluding hydrogens is 487 g/mol. The van der Waals surface area contributed by atoms with Crippen molar-refractivity contribution < 1.29 is 23.6 Å². The van der Waals surface area contributed by atoms with E-state index in [-0.39, 0.29) is 59.2 Å². The summed E-state index contributed by atoms with van der Waals surface area (Å²) in [6.45, 7) is 1.87. The van der Waals surface area contributed by atoms with Crippen molar-refractivity contribution in [2.45, 2.75) is 45.2 Å². The number of aromatic nitrogens is 2. The Morgan fingerprint density at radius 1 is 1.19 bits per heavy atom. The quantitative estimate of drug-likeness (QED) is 0.507. The normalized spacial score (nSPS) is 18.9. The summed E-state index contributed by atoms with van der Waals surface area (Å²) < 4.78 is 16.2. The largest absolute Gasteiger partial charge is 0.352 e. The van der Waals surface area contributed by atoms with Crippen LogP contribution >= 0.6 is 11.6 Å². The van der Waals surface area contributed by atoms with Crippen LogP contribution in [0.5, 0.6) is 0 Å². The number of carbonyl (C=O) groups excluding carboxylic acids is 4. The first-order valence-electron chi connectivity index (χ1n) is 11.8. The van der Waals surface area contributed by atoms with Crippen LogP contribution in [0.15, 0.2) is 30.3 Å². The van der Waals surface area contributed by atoms with Crippen LogP contribution in [0, 0.1) is 5.82 Å². The topological polar surface area (TPSA) is 101 Å². The fourth-order valence-electron chi connectivity index (χ4n) is 5.03. The fraction of sp³-hybridized carbons (Fsp3) is 0.346. The molecule has 3 aliphatic heterocycles. The Labute approximate surface area is 211 Å². The average Bonchev–Trinajstić information content (AvgIpc) is 3.47. The minimum absolute atomic E-state index is 0.0916. The first-order valence-corrected chi connectivity index (χ1v) is 12.2. The molecule has 3 aromatic rings. The summed E-state index contributed by atoms with van der Waals surface area (Å²) in [6.07, 6.45) is 1.33. The monoisotopic (exact) mass is 510 g/mol. The summed E-state index contributed by atoms with van der Waals surface area (Å²) in [7, 11) is 0. The third kappa shape index (κ3) is 4.39. The van der Waals surface area contributed by atoms with Gasteiger partial charge in [0.1, 0.15) is 18.1 Å². The van der Waals surface area contributed by atoms with Gasteiger partial charge in [-0.25, -0.2) is 4.39 Å². The van der Waals surface area contributed by atoms with Gasteiger partial charge in [0.2, 0.25) is 5.91 Å². The second kappa shape index (κ2) is 9.46. The molecule has 2 aromatic carbocycles. The van der Waals surface area contributed by atoms with Gasteiger partial charge in [-0.2, -0.15) is 5.10 Å². The lowest BCUT2D eigenvalue weighted by Gasteiger charge is -2.24. The van der Waals surface area contributed by atoms with Gasteiger partial charge < -0.3 is 10.2 Å². The predicted molar refractivity (Wildman–Crippen MR) is 131 cm³/mol. The van der Waals surface area contributed by atoms with Crippen molar-refractivity contribution in [3.8, 4) is 0 Å². The molecular formula is C26H24ClFN4O4. The zero-order valence-electron chi connectivity index (χ0n) is 19.6. The van der Waals surface area contributed by atoms with Crippen molar-refractivity contribution in [3.63, 3.8) is 0 Å². The molecule has 6 rings (SSSR count). The number of nitrogens with one attached hydrogen (secondary N) is 1. The number of hydrogen-bond donors (Lipinski definition) is 1. The lowest BCUT2D eigenvalue weighted by Crippen LogP contribution is -2.43. The Morgan fingerprint density at radius 3 is 2.78 bits per heavy atom. The van der Waals surface area contributed by atoms with E-state index in [2.05, 4.69) is 10.4 Å². The number of benzene rings is 2. The van der Waals surface area contributed by atoms with Gasteiger partial charge in [0.05, 0.1) is 16.6 Å². The number of nitrogens with zero attached hydrogens (tertiary/aromatic N) is 3. The molecule has 186 valence electrons. The van der Waals surface area contributed by atoms with E-state index >= 15 is 0 Å². The van der Waals surface area contributed by atoms with Gasteiger partial charge in [0.25, 0.3) is 5.91 Å². The SMILES string of the molecule is CC(=O)c1nn2c3ccc(cc13)C(=O)NCCc1cc(Cl)c(F)c(c1)CC(=O)[C@@H]1CCCN1C(=O)C2. The number of fused-ring (bicyclic) bond motifs is 6. The molecule has 3 aliphatic rings. The maximum atomic E-state index is 14.8. The molecule has 10 heteroatoms. The highest BCUT2D eigenvalue weighted by molar-refractivity contribution is 6.30. The molecule has 0 radical (unpaired) electrons. The summed E-state index contributed by atoms with van der Waals surface area (Å²) in [5.74, 6) is -1.87. The summed E-state index contributed by atoms with van der Waals surface area (Å²) in [5.41, 5.74) is 1.91. The second-order valence-electron chi connectivity index (χ2n) is 9.24. The van der Waals surface area contributed by atoms with Crippen LogP contribution in [0.4, 0.5) is 4.39 Å². The molecule has 1 aromatic heterocycles. The van der Waals surface area contributed by atoms with Crippen molar-refractivity contribution in [1.29, 1.82) is 0 Å². The van der Waals surface area contributed by atoms with Crippen LogP contribution in [0.2, 0.25) is 5.02 Å². The summed E-state index contributed by atoms with van der Waals surface area (Å²) in [6, 6.07) is 7.28. The highest BCUT2D eigenvalue weighted by Gasteiger charge is 2.34. The summed E-state index contributed by atoms with van der Waals surface area (Å²) in [5, 5.41) is 7.56. The van der Waals surface area contributed by atoms with Crippen LogP contribution in [0.25, 0.3) is 10.9 Å². The molecule has 2 amide bonds. The molecule has 6 bridgehead atoms. The lowest BCUT2D eigenvalue weighted by molar-refractivity contribution is -0.138. The molecule has 0 saturated carbocycles. The van der Waals surface area contributed by atoms with E-state index in [1.54, 1.807) is 24.3 Å². The maximum Gasteiger partial charge on any atom is 0.251 e. The zero-order chi connectivity index (χ0) is 25.6. The number of hydrogen-bond acceptors (Lipinski definition) is 5. The number of Topliss-reactive ketones (excluding diaryl/α,β-unsaturated/α-hetero) is 2. The van der Waals surface area contributed by atoms with Crippen molar-refractivity contribution in [2.75, 3.05) is 13.1 Å². The van der Waals surface area contributed by atoms with Crippen molar-refractivity contribution in [2.24, 2.45) is 0 Å². The third-order valence-corrected chi connectivity index (χ3v) is 7.08. The standard InChI is InChI=1S/C26H24ClFN4O4/c1-14(33)25-18-11-16-4-5-20(18)32(30-25)13-23(35)31-8-2-3-21(31)22(34)12-17-9-15(6-7-29-26(16)36)10-19(27)24(17)28/h4-5,9-11,21H,2-3,6-8,12-13H2,1H3,(H,29,36)/t21-/m0/s1. The highest BCUT2D eigenvalue weighted by atomic mass is 35.5. The van der Waals surface area contributed by atoms with Gasteiger partial charge in [-0.05, 0) is 54.7 Å². The number of rotatable bonds is 1. The molecule has 36 heavy (non-hydrogen) atoms. The summed E-state index contributed by atoms with van der Waals surface area (Å²) in [4.78, 5) is 53.1. The molecule has 1 atom stereocenters. The predicted octanol–water partition coefficient (Wildman–Crippen LogP) is 3.12. The van der Waals surface area contributed by atoms with E-state index in [0.29, 0.717) is 47.8 Å². The van der Waals surface area contributed by atoms with Crippen LogP contribution in [0.3, 0.4) is 0 Å². The number of ketones is 2. The zero-order valence-corrected chi connectivity index (χ0v) is 20.4. The maximum absolute atomic E-state index is 14.8. The van der Waals surface area contributed by atoms with Crippen molar-refractivity contribution >= 4 is 45.9 Å². The van der Waals surface area contributed by atoms with Gasteiger partial charge in [-0.3, -0.25) is 23.9 Å². The minimum atomic E-state index is -0.668. The van der Waals surface area contributed by atoms with Gasteiger partial charge in [0.15, 0.2) is 11.6 Å². The van der Waals surface area contributed by atoms with E-state index in [0.717, 1.165) is 0 Å². The van der Waals surface area contributed by atoms with Crippen LogP contribution in [-0.2, 0) is 29.0 Å². The third-order valence-electron chi connectivity index (χ3n) is 6.80. The van der Waals surface area contributed by atoms with Crippen LogP contribution < -0.4 is 5.32 Å². The first kappa shape index (κ1) is 24.1. The molecule has 0 aliphatic carbocycles. The molecule has 1 saturated heterocycles. The number of amides is 2. The van der Waals surface area contributed by atoms with E-state index in [9.17, 15) is 23.6 Å². The van der Waals surface area contributed by atoms with Gasteiger partial charge >= 0.3 is 0 Å². The Kier molecular flexibility index (Phi) is 6.34. The first-order chi connectivity index (χ1) is 17.2. The molecule has 0 spiro atoms. The molecule has 8 nitrogen and oxygen atoms in total. The second-order valence-corrected chi connectivity index (χ2v) is 9.65. The molecule has 1 fully saturated rings. The van der Waals surface area contributed by atoms with E-state index < -0.39 is 11.9 Å². The molecule has 0 unspecified atom stereocenters. The van der Waals surface area contributed by atoms with E-state index in [1.807, 2.05) is 0 Å². The smallest absolute Gasteiger partial charge is 0.251 e. The van der Waals surface area contributed by atoms with Crippen molar-refractivity contribution in [3.05, 3.63) is 63.6 Å². The van der Waals surface area contributed by atoms with Gasteiger partial charge in [0, 0.05) is 37.4 Å². The number of halogens is 2. The van der Waals surface area contributed by atoms with Gasteiger partial charge in [-0.15, -0.1) is 0 Å². The number of carbonyl (C=O) groups is 4. The van der Waals surface area contributed by atoms with E-state index in [1.165, 1.54) is 22.6 Å². The summed E-state index contributed by atoms with van der Waals surface area (Å²) >= 11 is 6.10. The van der Waals surface area contributed by atoms with E-state index in [4.69, 9.17) is 11.6 Å². The average molecular weight is 511 g/mol.